The summed E-state index contributed by atoms with van der Waals surface area (Å²) in [6.07, 6.45) is 0. The highest BCUT2D eigenvalue weighted by molar-refractivity contribution is 8.46. The van der Waals surface area contributed by atoms with Gasteiger partial charge in [-0.25, -0.2) is 0 Å². The van der Waals surface area contributed by atoms with Gasteiger partial charge < -0.3 is 10.4 Å². The molecular weight excluding hydrogens is 521 g/mol. The third kappa shape index (κ3) is 3.47. The molecule has 0 aromatic rings. The van der Waals surface area contributed by atoms with Crippen LogP contribution in [-0.2, 0) is 0 Å². The summed E-state index contributed by atoms with van der Waals surface area (Å²) in [5, 5.41) is 28.8. The van der Waals surface area contributed by atoms with Crippen LogP contribution in [0.5, 0.6) is 0 Å². The summed E-state index contributed by atoms with van der Waals surface area (Å²) in [5.41, 5.74) is -1.57. The number of hydrogen-bond acceptors (Lipinski definition) is 11. The summed E-state index contributed by atoms with van der Waals surface area (Å²) in [6.45, 7) is 7.36. The molecule has 0 N–H and O–H groups in total. The number of rotatable bonds is 1. The van der Waals surface area contributed by atoms with Gasteiger partial charge in [-0.05, 0) is 33.1 Å². The fourth-order valence-corrected chi connectivity index (χ4v) is 14.8. The molecule has 156 valence electrons. The van der Waals surface area contributed by atoms with Crippen LogP contribution in [0.2, 0.25) is 0 Å². The molecule has 0 saturated carbocycles. The lowest BCUT2D eigenvalue weighted by molar-refractivity contribution is -0.539. The molecule has 5 aliphatic rings. The van der Waals surface area contributed by atoms with Gasteiger partial charge in [0.15, 0.2) is 0 Å². The molecule has 0 spiro atoms. The molecule has 0 amide bonds. The zero-order valence-electron chi connectivity index (χ0n) is 16.0. The average Bonchev–Trinajstić information content (AvgIpc) is 3.33. The fourth-order valence-electron chi connectivity index (χ4n) is 2.93. The van der Waals surface area contributed by atoms with Gasteiger partial charge in [-0.2, -0.15) is 0 Å². The molecule has 0 atom stereocenters. The van der Waals surface area contributed by atoms with Gasteiger partial charge in [0.2, 0.25) is 0 Å². The van der Waals surface area contributed by atoms with Crippen LogP contribution >= 0.6 is 94.1 Å². The van der Waals surface area contributed by atoms with E-state index in [-0.39, 0.29) is 5.84 Å². The van der Waals surface area contributed by atoms with Crippen molar-refractivity contribution in [1.29, 1.82) is 0 Å². The van der Waals surface area contributed by atoms with Crippen LogP contribution in [0.25, 0.3) is 0 Å². The minimum absolute atomic E-state index is 0.241. The third-order valence-corrected chi connectivity index (χ3v) is 17.1. The van der Waals surface area contributed by atoms with Crippen molar-refractivity contribution in [2.45, 2.75) is 38.8 Å². The van der Waals surface area contributed by atoms with E-state index in [0.717, 1.165) is 14.7 Å². The maximum absolute atomic E-state index is 13.0. The second kappa shape index (κ2) is 7.79. The van der Waals surface area contributed by atoms with E-state index in [9.17, 15) is 10.4 Å². The van der Waals surface area contributed by atoms with Gasteiger partial charge in [0, 0.05) is 11.5 Å². The second-order valence-electron chi connectivity index (χ2n) is 7.56. The van der Waals surface area contributed by atoms with Crippen molar-refractivity contribution in [3.63, 3.8) is 0 Å². The van der Waals surface area contributed by atoms with Gasteiger partial charge >= 0.3 is 0 Å². The van der Waals surface area contributed by atoms with E-state index >= 15 is 0 Å². The molecule has 0 radical (unpaired) electrons. The molecule has 0 saturated heterocycles. The van der Waals surface area contributed by atoms with Gasteiger partial charge in [-0.15, -0.1) is 23.5 Å². The van der Waals surface area contributed by atoms with Gasteiger partial charge in [0.1, 0.15) is 16.0 Å². The van der Waals surface area contributed by atoms with Crippen LogP contribution in [0, 0.1) is 10.4 Å². The Labute approximate surface area is 204 Å². The number of hydroxylamine groups is 3. The van der Waals surface area contributed by atoms with E-state index in [1.54, 1.807) is 35.3 Å². The van der Waals surface area contributed by atoms with E-state index in [2.05, 4.69) is 0 Å². The van der Waals surface area contributed by atoms with Crippen LogP contribution in [-0.4, -0.2) is 38.2 Å². The highest BCUT2D eigenvalue weighted by Gasteiger charge is 2.55. The molecule has 5 aliphatic heterocycles. The average molecular weight is 538 g/mol. The molecule has 0 aromatic heterocycles. The minimum Gasteiger partial charge on any atom is -0.715 e. The first-order valence-electron chi connectivity index (χ1n) is 8.76. The van der Waals surface area contributed by atoms with Gasteiger partial charge in [-0.1, -0.05) is 70.6 Å². The van der Waals surface area contributed by atoms with E-state index in [0.29, 0.717) is 0 Å². The summed E-state index contributed by atoms with van der Waals surface area (Å²) in [7, 11) is 0. The van der Waals surface area contributed by atoms with Gasteiger partial charge in [0.25, 0.3) is 5.84 Å². The number of thioether (sulfide) groups is 8. The SMILES string of the molecule is CC1(C)N([O-])C(C2=CSC3=C(S2)SC(=C2SC4=C(SCCS4)S2)S3)=[N+]([O-])C1(C)C. The van der Waals surface area contributed by atoms with Crippen LogP contribution in [0.15, 0.2) is 35.7 Å². The van der Waals surface area contributed by atoms with Crippen LogP contribution in [0.4, 0.5) is 0 Å². The number of hydrogen-bond donors (Lipinski definition) is 0. The Morgan fingerprint density at radius 3 is 1.90 bits per heavy atom. The summed E-state index contributed by atoms with van der Waals surface area (Å²) in [6, 6.07) is 0. The molecule has 0 aliphatic carbocycles. The zero-order valence-corrected chi connectivity index (χ0v) is 22.5. The smallest absolute Gasteiger partial charge is 0.286 e. The summed E-state index contributed by atoms with van der Waals surface area (Å²) in [4.78, 5) is 0.756. The molecule has 29 heavy (non-hydrogen) atoms. The van der Waals surface area contributed by atoms with Crippen molar-refractivity contribution in [2.75, 3.05) is 11.5 Å². The molecule has 0 aromatic carbocycles. The Bertz CT molecular complexity index is 942. The van der Waals surface area contributed by atoms with E-state index in [4.69, 9.17) is 0 Å². The Balaban J connectivity index is 1.35. The van der Waals surface area contributed by atoms with Gasteiger partial charge in [-0.3, -0.25) is 9.80 Å². The standard InChI is InChI=1S/C17H17N2O2S8/c1-16(2)17(3,4)19(21)9(18(16)20)8-7-24-12-13(25-8)29-15(28-12)14-26-10-11(27-14)23-6-5-22-10/h7H,5-6H2,1-4H3/q-1. The summed E-state index contributed by atoms with van der Waals surface area (Å²) >= 11 is 14.5. The number of nitrogens with zero attached hydrogens (tertiary/aromatic N) is 2. The topological polar surface area (TPSA) is 52.4 Å². The monoisotopic (exact) mass is 537 g/mol. The Morgan fingerprint density at radius 1 is 0.828 bits per heavy atom. The number of amidine groups is 1. The van der Waals surface area contributed by atoms with Crippen molar-refractivity contribution in [3.8, 4) is 0 Å². The van der Waals surface area contributed by atoms with Crippen molar-refractivity contribution >= 4 is 99.9 Å². The lowest BCUT2D eigenvalue weighted by atomic mass is 9.84. The zero-order chi connectivity index (χ0) is 20.6. The summed E-state index contributed by atoms with van der Waals surface area (Å²) < 4.78 is 8.95. The van der Waals surface area contributed by atoms with Crippen molar-refractivity contribution in [1.82, 2.24) is 5.06 Å². The predicted octanol–water partition coefficient (Wildman–Crippen LogP) is 7.41. The quantitative estimate of drug-likeness (QED) is 0.248. The van der Waals surface area contributed by atoms with Crippen molar-refractivity contribution in [3.05, 3.63) is 46.2 Å². The lowest BCUT2D eigenvalue weighted by Gasteiger charge is -2.39. The maximum Gasteiger partial charge on any atom is 0.286 e. The third-order valence-electron chi connectivity index (χ3n) is 5.38. The Morgan fingerprint density at radius 2 is 1.34 bits per heavy atom. The highest BCUT2D eigenvalue weighted by atomic mass is 32.3. The first-order chi connectivity index (χ1) is 13.7. The highest BCUT2D eigenvalue weighted by Crippen LogP contribution is 2.68. The largest absolute Gasteiger partial charge is 0.715 e. The van der Waals surface area contributed by atoms with E-state index in [1.807, 2.05) is 91.9 Å². The van der Waals surface area contributed by atoms with Crippen molar-refractivity contribution in [2.24, 2.45) is 0 Å². The van der Waals surface area contributed by atoms with Crippen LogP contribution in [0.1, 0.15) is 27.7 Å². The second-order valence-corrected chi connectivity index (χ2v) is 17.3. The minimum atomic E-state index is -0.785. The maximum atomic E-state index is 13.0. The van der Waals surface area contributed by atoms with Crippen molar-refractivity contribution < 1.29 is 4.74 Å². The lowest BCUT2D eigenvalue weighted by Crippen LogP contribution is -2.52. The normalized spacial score (nSPS) is 28.4. The molecule has 0 fully saturated rings. The predicted molar refractivity (Wildman–Crippen MR) is 142 cm³/mol. The first kappa shape index (κ1) is 21.8. The van der Waals surface area contributed by atoms with Crippen LogP contribution in [0.3, 0.4) is 0 Å². The molecule has 4 nitrogen and oxygen atoms in total. The molecule has 0 unspecified atom stereocenters. The molecule has 5 heterocycles. The fraction of sp³-hybridized carbons (Fsp3) is 0.471. The molecule has 5 rings (SSSR count). The first-order valence-corrected chi connectivity index (χ1v) is 15.7. The Hall–Kier alpha value is 0.990. The van der Waals surface area contributed by atoms with Crippen LogP contribution < -0.4 is 0 Å². The molecular formula is C17H17N2O2S8-. The molecule has 0 bridgehead atoms. The molecule has 12 heteroatoms. The van der Waals surface area contributed by atoms with Gasteiger partial charge in [0.05, 0.1) is 25.4 Å². The summed E-state index contributed by atoms with van der Waals surface area (Å²) in [5.74, 6) is 2.62. The van der Waals surface area contributed by atoms with E-state index in [1.165, 1.54) is 36.9 Å². The Kier molecular flexibility index (Phi) is 5.86. The van der Waals surface area contributed by atoms with E-state index < -0.39 is 11.1 Å².